The molecule has 2 aromatic rings. The summed E-state index contributed by atoms with van der Waals surface area (Å²) < 4.78 is 18.7. The van der Waals surface area contributed by atoms with Crippen molar-refractivity contribution < 1.29 is 13.7 Å². The van der Waals surface area contributed by atoms with E-state index < -0.39 is 0 Å². The van der Waals surface area contributed by atoms with Crippen LogP contribution >= 0.6 is 0 Å². The van der Waals surface area contributed by atoms with Gasteiger partial charge in [0.15, 0.2) is 5.58 Å². The van der Waals surface area contributed by atoms with Gasteiger partial charge in [0, 0.05) is 36.4 Å². The van der Waals surface area contributed by atoms with Crippen LogP contribution in [0.1, 0.15) is 43.7 Å². The van der Waals surface area contributed by atoms with Crippen molar-refractivity contribution >= 4 is 16.9 Å². The fourth-order valence-electron chi connectivity index (χ4n) is 6.09. The number of likely N-dealkylation sites (tertiary alicyclic amines) is 1. The normalized spacial score (nSPS) is 31.3. The lowest BCUT2D eigenvalue weighted by Crippen LogP contribution is -2.42. The summed E-state index contributed by atoms with van der Waals surface area (Å²) in [5, 5.41) is 5.11. The van der Waals surface area contributed by atoms with Crippen molar-refractivity contribution in [3.63, 3.8) is 0 Å². The number of hydrogen-bond donors (Lipinski definition) is 0. The molecule has 1 aliphatic heterocycles. The summed E-state index contributed by atoms with van der Waals surface area (Å²) in [4.78, 5) is 15.2. The SMILES string of the molecule is O=C(C1CC2C=CC1C21CC1)N1CCC(c2noc3cc(F)ccc23)CC1. The summed E-state index contributed by atoms with van der Waals surface area (Å²) >= 11 is 0. The molecule has 1 saturated heterocycles. The molecule has 3 fully saturated rings. The quantitative estimate of drug-likeness (QED) is 0.746. The van der Waals surface area contributed by atoms with Crippen molar-refractivity contribution in [1.29, 1.82) is 0 Å². The second-order valence-electron chi connectivity index (χ2n) is 8.90. The van der Waals surface area contributed by atoms with Crippen LogP contribution in [0.15, 0.2) is 34.9 Å². The number of hydrogen-bond acceptors (Lipinski definition) is 3. The molecule has 0 radical (unpaired) electrons. The van der Waals surface area contributed by atoms with E-state index in [9.17, 15) is 9.18 Å². The van der Waals surface area contributed by atoms with Crippen LogP contribution in [0.3, 0.4) is 0 Å². The molecule has 1 aromatic heterocycles. The number of fused-ring (bicyclic) bond motifs is 1. The highest BCUT2D eigenvalue weighted by molar-refractivity contribution is 5.81. The maximum Gasteiger partial charge on any atom is 0.226 e. The number of carbonyl (C=O) groups excluding carboxylic acids is 1. The molecule has 5 heteroatoms. The van der Waals surface area contributed by atoms with E-state index in [-0.39, 0.29) is 17.7 Å². The Labute approximate surface area is 157 Å². The van der Waals surface area contributed by atoms with E-state index in [4.69, 9.17) is 4.52 Å². The minimum absolute atomic E-state index is 0.204. The first-order chi connectivity index (χ1) is 13.2. The van der Waals surface area contributed by atoms with Crippen LogP contribution < -0.4 is 0 Å². The number of piperidine rings is 1. The Morgan fingerprint density at radius 1 is 1.22 bits per heavy atom. The number of aromatic nitrogens is 1. The molecule has 4 aliphatic rings. The van der Waals surface area contributed by atoms with Gasteiger partial charge in [-0.25, -0.2) is 4.39 Å². The molecule has 1 aromatic carbocycles. The van der Waals surface area contributed by atoms with E-state index >= 15 is 0 Å². The summed E-state index contributed by atoms with van der Waals surface area (Å²) in [6.07, 6.45) is 10.2. The summed E-state index contributed by atoms with van der Waals surface area (Å²) in [7, 11) is 0. The Morgan fingerprint density at radius 3 is 2.78 bits per heavy atom. The van der Waals surface area contributed by atoms with E-state index in [2.05, 4.69) is 22.2 Å². The Morgan fingerprint density at radius 2 is 2.04 bits per heavy atom. The van der Waals surface area contributed by atoms with Crippen LogP contribution in [0.4, 0.5) is 4.39 Å². The Kier molecular flexibility index (Phi) is 3.19. The van der Waals surface area contributed by atoms with Gasteiger partial charge in [-0.1, -0.05) is 17.3 Å². The molecule has 2 bridgehead atoms. The largest absolute Gasteiger partial charge is 0.356 e. The molecular formula is C22H23FN2O2. The predicted molar refractivity (Wildman–Crippen MR) is 98.4 cm³/mol. The fraction of sp³-hybridized carbons (Fsp3) is 0.545. The number of allylic oxidation sites excluding steroid dienone is 2. The molecule has 6 rings (SSSR count). The first-order valence-electron chi connectivity index (χ1n) is 10.2. The number of benzene rings is 1. The number of rotatable bonds is 2. The molecule has 2 saturated carbocycles. The van der Waals surface area contributed by atoms with Crippen molar-refractivity contribution in [1.82, 2.24) is 10.1 Å². The van der Waals surface area contributed by atoms with Crippen LogP contribution in [-0.2, 0) is 4.79 Å². The summed E-state index contributed by atoms with van der Waals surface area (Å²) in [6.45, 7) is 1.56. The van der Waals surface area contributed by atoms with Crippen LogP contribution in [0.2, 0.25) is 0 Å². The molecule has 27 heavy (non-hydrogen) atoms. The van der Waals surface area contributed by atoms with Crippen LogP contribution in [0, 0.1) is 29.0 Å². The number of amides is 1. The van der Waals surface area contributed by atoms with Gasteiger partial charge >= 0.3 is 0 Å². The number of carbonyl (C=O) groups is 1. The zero-order valence-electron chi connectivity index (χ0n) is 15.2. The van der Waals surface area contributed by atoms with Gasteiger partial charge in [0.2, 0.25) is 5.91 Å². The topological polar surface area (TPSA) is 46.3 Å². The Bertz CT molecular complexity index is 952. The van der Waals surface area contributed by atoms with E-state index in [1.807, 2.05) is 0 Å². The number of nitrogens with zero attached hydrogens (tertiary/aromatic N) is 2. The third-order valence-electron chi connectivity index (χ3n) is 7.69. The average molecular weight is 366 g/mol. The highest BCUT2D eigenvalue weighted by Crippen LogP contribution is 2.70. The number of halogens is 1. The lowest BCUT2D eigenvalue weighted by atomic mass is 9.86. The van der Waals surface area contributed by atoms with Crippen molar-refractivity contribution in [2.45, 2.75) is 38.0 Å². The molecule has 1 amide bonds. The standard InChI is InChI=1S/C22H23FN2O2/c23-15-2-3-16-19(12-15)27-24-20(16)13-5-9-25(10-6-13)21(26)17-11-14-1-4-18(17)22(14)7-8-22/h1-4,12-14,17-18H,5-11H2. The van der Waals surface area contributed by atoms with Gasteiger partial charge in [-0.2, -0.15) is 0 Å². The third kappa shape index (κ3) is 2.20. The molecule has 0 N–H and O–H groups in total. The fourth-order valence-corrected chi connectivity index (χ4v) is 6.09. The first-order valence-corrected chi connectivity index (χ1v) is 10.2. The summed E-state index contributed by atoms with van der Waals surface area (Å²) in [6, 6.07) is 4.60. The van der Waals surface area contributed by atoms with Gasteiger partial charge in [-0.3, -0.25) is 4.79 Å². The molecule has 4 nitrogen and oxygen atoms in total. The molecule has 2 heterocycles. The third-order valence-corrected chi connectivity index (χ3v) is 7.69. The van der Waals surface area contributed by atoms with Crippen LogP contribution in [0.25, 0.3) is 11.0 Å². The van der Waals surface area contributed by atoms with Crippen LogP contribution in [-0.4, -0.2) is 29.1 Å². The Balaban J connectivity index is 1.16. The molecule has 140 valence electrons. The zero-order chi connectivity index (χ0) is 18.2. The van der Waals surface area contributed by atoms with Crippen molar-refractivity contribution in [3.05, 3.63) is 41.9 Å². The van der Waals surface area contributed by atoms with Gasteiger partial charge < -0.3 is 9.42 Å². The minimum atomic E-state index is -0.307. The maximum absolute atomic E-state index is 13.4. The van der Waals surface area contributed by atoms with E-state index in [1.54, 1.807) is 6.07 Å². The Hall–Kier alpha value is -2.17. The monoisotopic (exact) mass is 366 g/mol. The molecule has 3 aliphatic carbocycles. The van der Waals surface area contributed by atoms with Gasteiger partial charge in [-0.05, 0) is 61.5 Å². The minimum Gasteiger partial charge on any atom is -0.356 e. The second kappa shape index (κ2) is 5.43. The predicted octanol–water partition coefficient (Wildman–Crippen LogP) is 4.28. The summed E-state index contributed by atoms with van der Waals surface area (Å²) in [5.41, 5.74) is 1.89. The van der Waals surface area contributed by atoms with Gasteiger partial charge in [0.1, 0.15) is 5.82 Å². The summed E-state index contributed by atoms with van der Waals surface area (Å²) in [5.74, 6) is 1.67. The molecular weight excluding hydrogens is 343 g/mol. The maximum atomic E-state index is 13.4. The van der Waals surface area contributed by atoms with Gasteiger partial charge in [-0.15, -0.1) is 0 Å². The first kappa shape index (κ1) is 15.8. The highest BCUT2D eigenvalue weighted by atomic mass is 19.1. The zero-order valence-corrected chi connectivity index (χ0v) is 15.2. The smallest absolute Gasteiger partial charge is 0.226 e. The lowest BCUT2D eigenvalue weighted by Gasteiger charge is -2.34. The second-order valence-corrected chi connectivity index (χ2v) is 8.90. The average Bonchev–Trinajstić information content (AvgIpc) is 3.17. The molecule has 3 atom stereocenters. The van der Waals surface area contributed by atoms with Crippen molar-refractivity contribution in [2.24, 2.45) is 23.2 Å². The molecule has 1 spiro atoms. The highest BCUT2D eigenvalue weighted by Gasteiger charge is 2.64. The van der Waals surface area contributed by atoms with E-state index in [1.165, 1.54) is 25.0 Å². The molecule has 3 unspecified atom stereocenters. The van der Waals surface area contributed by atoms with Crippen molar-refractivity contribution in [2.75, 3.05) is 13.1 Å². The van der Waals surface area contributed by atoms with Gasteiger partial charge in [0.25, 0.3) is 0 Å². The van der Waals surface area contributed by atoms with Gasteiger partial charge in [0.05, 0.1) is 5.69 Å². The van der Waals surface area contributed by atoms with Crippen molar-refractivity contribution in [3.8, 4) is 0 Å². The van der Waals surface area contributed by atoms with E-state index in [0.717, 1.165) is 43.4 Å². The lowest BCUT2D eigenvalue weighted by molar-refractivity contribution is -0.137. The van der Waals surface area contributed by atoms with Crippen LogP contribution in [0.5, 0.6) is 0 Å². The van der Waals surface area contributed by atoms with E-state index in [0.29, 0.717) is 28.7 Å².